The first kappa shape index (κ1) is 28.6. The smallest absolute Gasteiger partial charge is 0.410 e. The summed E-state index contributed by atoms with van der Waals surface area (Å²) >= 11 is 0. The zero-order valence-corrected chi connectivity index (χ0v) is 24.8. The molecule has 3 heterocycles. The van der Waals surface area contributed by atoms with Crippen molar-refractivity contribution in [2.75, 3.05) is 18.4 Å². The average molecular weight is 576 g/mol. The third-order valence-electron chi connectivity index (χ3n) is 7.07. The van der Waals surface area contributed by atoms with Gasteiger partial charge < -0.3 is 15.0 Å². The lowest BCUT2D eigenvalue weighted by Gasteiger charge is -2.34. The number of benzene rings is 2. The number of hydrogen-bond donors (Lipinski definition) is 1. The lowest BCUT2D eigenvalue weighted by Crippen LogP contribution is -2.47. The van der Waals surface area contributed by atoms with Crippen LogP contribution in [0.15, 0.2) is 71.8 Å². The molecule has 0 radical (unpaired) electrons. The molecule has 1 fully saturated rings. The van der Waals surface area contributed by atoms with Gasteiger partial charge in [0.15, 0.2) is 5.65 Å². The van der Waals surface area contributed by atoms with E-state index in [0.717, 1.165) is 30.5 Å². The van der Waals surface area contributed by atoms with Crippen molar-refractivity contribution in [2.24, 2.45) is 0 Å². The van der Waals surface area contributed by atoms with Crippen LogP contribution >= 0.6 is 0 Å². The molecular weight excluding hydrogens is 538 g/mol. The summed E-state index contributed by atoms with van der Waals surface area (Å²) in [5.41, 5.74) is 2.66. The number of ether oxygens (including phenoxy) is 1. The summed E-state index contributed by atoms with van der Waals surface area (Å²) in [5, 5.41) is 4.09. The van der Waals surface area contributed by atoms with Crippen molar-refractivity contribution in [1.29, 1.82) is 0 Å². The second-order valence-corrected chi connectivity index (χ2v) is 13.4. The highest BCUT2D eigenvalue weighted by Gasteiger charge is 2.29. The number of carbonyl (C=O) groups is 1. The number of hydrogen-bond acceptors (Lipinski definition) is 7. The van der Waals surface area contributed by atoms with Crippen molar-refractivity contribution in [3.8, 4) is 0 Å². The van der Waals surface area contributed by atoms with E-state index in [4.69, 9.17) is 14.7 Å². The van der Waals surface area contributed by atoms with Crippen molar-refractivity contribution < 1.29 is 17.9 Å². The van der Waals surface area contributed by atoms with Crippen LogP contribution in [0.2, 0.25) is 0 Å². The van der Waals surface area contributed by atoms with Crippen molar-refractivity contribution in [3.63, 3.8) is 0 Å². The van der Waals surface area contributed by atoms with Crippen molar-refractivity contribution in [3.05, 3.63) is 83.7 Å². The van der Waals surface area contributed by atoms with Gasteiger partial charge in [-0.1, -0.05) is 48.0 Å². The Morgan fingerprint density at radius 2 is 1.76 bits per heavy atom. The van der Waals surface area contributed by atoms with Crippen molar-refractivity contribution >= 4 is 33.1 Å². The summed E-state index contributed by atoms with van der Waals surface area (Å²) in [6, 6.07) is 18.6. The Kier molecular flexibility index (Phi) is 8.04. The number of fused-ring (bicyclic) bond motifs is 1. The lowest BCUT2D eigenvalue weighted by atomic mass is 10.1. The topological polar surface area (TPSA) is 106 Å². The van der Waals surface area contributed by atoms with Gasteiger partial charge in [0.2, 0.25) is 5.95 Å². The average Bonchev–Trinajstić information content (AvgIpc) is 3.37. The summed E-state index contributed by atoms with van der Waals surface area (Å²) in [5.74, 6) is 0.343. The van der Waals surface area contributed by atoms with Crippen LogP contribution < -0.4 is 5.32 Å². The number of aryl methyl sites for hydroxylation is 3. The quantitative estimate of drug-likeness (QED) is 0.307. The normalized spacial score (nSPS) is 16.1. The fourth-order valence-electron chi connectivity index (χ4n) is 5.00. The molecule has 41 heavy (non-hydrogen) atoms. The fraction of sp³-hybridized carbons (Fsp3) is 0.387. The van der Waals surface area contributed by atoms with Gasteiger partial charge in [-0.2, -0.15) is 4.98 Å². The molecule has 1 atom stereocenters. The third-order valence-corrected chi connectivity index (χ3v) is 8.75. The van der Waals surface area contributed by atoms with Gasteiger partial charge in [0.25, 0.3) is 10.0 Å². The molecule has 0 aliphatic carbocycles. The van der Waals surface area contributed by atoms with Crippen LogP contribution in [0.1, 0.15) is 50.4 Å². The second kappa shape index (κ2) is 11.5. The molecule has 1 aliphatic heterocycles. The largest absolute Gasteiger partial charge is 0.444 e. The van der Waals surface area contributed by atoms with E-state index in [9.17, 15) is 13.2 Å². The number of nitrogens with zero attached hydrogens (tertiary/aromatic N) is 4. The van der Waals surface area contributed by atoms with Gasteiger partial charge in [-0.3, -0.25) is 0 Å². The van der Waals surface area contributed by atoms with E-state index in [2.05, 4.69) is 17.4 Å². The number of aromatic nitrogens is 3. The zero-order chi connectivity index (χ0) is 29.2. The molecule has 1 saturated heterocycles. The van der Waals surface area contributed by atoms with E-state index < -0.39 is 15.6 Å². The van der Waals surface area contributed by atoms with Gasteiger partial charge in [0.1, 0.15) is 5.60 Å². The standard InChI is InChI=1S/C31H37N5O4S/c1-22-12-15-25(16-13-22)41(38,39)36-20-18-26-27(17-14-23-9-6-5-7-10-23)33-29(34-28(26)36)32-24-11-8-19-35(21-24)30(37)40-31(2,3)4/h5-7,9-10,12-13,15-16,18,20,24H,8,11,14,17,19,21H2,1-4H3,(H,32,33,34)/t24-/m0/s1. The highest BCUT2D eigenvalue weighted by atomic mass is 32.2. The minimum absolute atomic E-state index is 0.104. The Hall–Kier alpha value is -3.92. The van der Waals surface area contributed by atoms with Crippen LogP contribution in [0, 0.1) is 6.92 Å². The van der Waals surface area contributed by atoms with Gasteiger partial charge in [0.05, 0.1) is 10.6 Å². The van der Waals surface area contributed by atoms with Gasteiger partial charge in [0, 0.05) is 30.7 Å². The van der Waals surface area contributed by atoms with Crippen LogP contribution in [-0.2, 0) is 27.6 Å². The maximum absolute atomic E-state index is 13.7. The van der Waals surface area contributed by atoms with E-state index in [0.29, 0.717) is 36.5 Å². The number of amides is 1. The fourth-order valence-corrected chi connectivity index (χ4v) is 6.30. The molecule has 9 nitrogen and oxygen atoms in total. The van der Waals surface area contributed by atoms with Crippen molar-refractivity contribution in [2.45, 2.75) is 69.9 Å². The SMILES string of the molecule is Cc1ccc(S(=O)(=O)n2ccc3c(CCc4ccccc4)nc(N[C@H]4CCCN(C(=O)OC(C)(C)C)C4)nc32)cc1. The molecule has 2 aromatic carbocycles. The van der Waals surface area contributed by atoms with Crippen LogP contribution in [-0.4, -0.2) is 58.1 Å². The summed E-state index contributed by atoms with van der Waals surface area (Å²) < 4.78 is 34.1. The van der Waals surface area contributed by atoms with Gasteiger partial charge in [-0.15, -0.1) is 0 Å². The first-order valence-corrected chi connectivity index (χ1v) is 15.4. The van der Waals surface area contributed by atoms with E-state index >= 15 is 0 Å². The number of anilines is 1. The Bertz CT molecular complexity index is 1630. The minimum Gasteiger partial charge on any atom is -0.444 e. The zero-order valence-electron chi connectivity index (χ0n) is 24.0. The molecule has 5 rings (SSSR count). The summed E-state index contributed by atoms with van der Waals surface area (Å²) in [4.78, 5) is 24.2. The lowest BCUT2D eigenvalue weighted by molar-refractivity contribution is 0.0206. The van der Waals surface area contributed by atoms with Gasteiger partial charge in [-0.05, 0) is 77.1 Å². The highest BCUT2D eigenvalue weighted by Crippen LogP contribution is 2.26. The molecular formula is C31H37N5O4S. The predicted molar refractivity (Wildman–Crippen MR) is 160 cm³/mol. The molecule has 1 amide bonds. The minimum atomic E-state index is -3.88. The first-order valence-electron chi connectivity index (χ1n) is 14.0. The number of piperidine rings is 1. The summed E-state index contributed by atoms with van der Waals surface area (Å²) in [7, 11) is -3.88. The molecule has 216 valence electrons. The molecule has 10 heteroatoms. The molecule has 1 N–H and O–H groups in total. The van der Waals surface area contributed by atoms with Gasteiger partial charge >= 0.3 is 6.09 Å². The monoisotopic (exact) mass is 575 g/mol. The molecule has 4 aromatic rings. The Morgan fingerprint density at radius 3 is 2.46 bits per heavy atom. The maximum Gasteiger partial charge on any atom is 0.410 e. The van der Waals surface area contributed by atoms with E-state index in [1.165, 1.54) is 9.54 Å². The number of likely N-dealkylation sites (tertiary alicyclic amines) is 1. The van der Waals surface area contributed by atoms with Crippen molar-refractivity contribution in [1.82, 2.24) is 18.8 Å². The van der Waals surface area contributed by atoms with Gasteiger partial charge in [-0.25, -0.2) is 22.2 Å². The number of nitrogens with one attached hydrogen (secondary N) is 1. The molecule has 0 spiro atoms. The molecule has 0 saturated carbocycles. The predicted octanol–water partition coefficient (Wildman–Crippen LogP) is 5.57. The summed E-state index contributed by atoms with van der Waals surface area (Å²) in [6.45, 7) is 8.53. The third kappa shape index (κ3) is 6.70. The number of carbonyl (C=O) groups excluding carboxylic acids is 1. The Morgan fingerprint density at radius 1 is 1.02 bits per heavy atom. The summed E-state index contributed by atoms with van der Waals surface area (Å²) in [6.07, 6.45) is 4.19. The molecule has 0 bridgehead atoms. The Balaban J connectivity index is 1.48. The highest BCUT2D eigenvalue weighted by molar-refractivity contribution is 7.90. The van der Waals surface area contributed by atoms with E-state index in [1.54, 1.807) is 41.4 Å². The maximum atomic E-state index is 13.7. The molecule has 1 aliphatic rings. The van der Waals surface area contributed by atoms with Crippen LogP contribution in [0.3, 0.4) is 0 Å². The second-order valence-electron chi connectivity index (χ2n) is 11.6. The van der Waals surface area contributed by atoms with E-state index in [-0.39, 0.29) is 17.0 Å². The van der Waals surface area contributed by atoms with Crippen LogP contribution in [0.4, 0.5) is 10.7 Å². The Labute approximate surface area is 241 Å². The van der Waals surface area contributed by atoms with E-state index in [1.807, 2.05) is 45.9 Å². The molecule has 0 unspecified atom stereocenters. The number of rotatable bonds is 7. The molecule has 2 aromatic heterocycles. The van der Waals surface area contributed by atoms with Crippen LogP contribution in [0.5, 0.6) is 0 Å². The first-order chi connectivity index (χ1) is 19.5. The van der Waals surface area contributed by atoms with Crippen LogP contribution in [0.25, 0.3) is 11.0 Å².